The van der Waals surface area contributed by atoms with Gasteiger partial charge in [-0.15, -0.1) is 0 Å². The van der Waals surface area contributed by atoms with Gasteiger partial charge in [0.2, 0.25) is 0 Å². The maximum atomic E-state index is 13.3. The number of rotatable bonds is 5. The fourth-order valence-corrected chi connectivity index (χ4v) is 3.51. The summed E-state index contributed by atoms with van der Waals surface area (Å²) >= 11 is 0. The summed E-state index contributed by atoms with van der Waals surface area (Å²) < 4.78 is 31.3. The Bertz CT molecular complexity index is 1350. The quantitative estimate of drug-likeness (QED) is 0.327. The highest BCUT2D eigenvalue weighted by atomic mass is 19.2. The Balaban J connectivity index is 1.53. The molecule has 0 aliphatic carbocycles. The number of carbonyl (C=O) groups excluding carboxylic acids is 4. The lowest BCUT2D eigenvalue weighted by atomic mass is 10.1. The van der Waals surface area contributed by atoms with Crippen molar-refractivity contribution in [3.63, 3.8) is 0 Å². The minimum absolute atomic E-state index is 0.0317. The molecule has 166 valence electrons. The molecule has 3 aromatic carbocycles. The molecule has 0 fully saturated rings. The highest BCUT2D eigenvalue weighted by Crippen LogP contribution is 2.32. The van der Waals surface area contributed by atoms with Crippen molar-refractivity contribution in [1.29, 1.82) is 0 Å². The van der Waals surface area contributed by atoms with Crippen LogP contribution in [0.25, 0.3) is 0 Å². The lowest BCUT2D eigenvalue weighted by Gasteiger charge is -2.17. The van der Waals surface area contributed by atoms with Gasteiger partial charge in [-0.1, -0.05) is 12.1 Å². The van der Waals surface area contributed by atoms with Crippen molar-refractivity contribution in [3.8, 4) is 0 Å². The number of ether oxygens (including phenoxy) is 1. The van der Waals surface area contributed by atoms with Crippen LogP contribution >= 0.6 is 0 Å². The Morgan fingerprint density at radius 2 is 1.52 bits per heavy atom. The SMILES string of the molecule is Cc1ccc(C)c(N2C(=O)c3ccc(C(=O)OCC(=O)c4ccc(F)c(F)c4)cc3C2=O)c1. The fourth-order valence-electron chi connectivity index (χ4n) is 3.51. The highest BCUT2D eigenvalue weighted by molar-refractivity contribution is 6.35. The van der Waals surface area contributed by atoms with Gasteiger partial charge >= 0.3 is 5.97 Å². The zero-order valence-corrected chi connectivity index (χ0v) is 17.6. The summed E-state index contributed by atoms with van der Waals surface area (Å²) in [5.41, 5.74) is 2.09. The Morgan fingerprint density at radius 3 is 2.24 bits per heavy atom. The number of fused-ring (bicyclic) bond motifs is 1. The standard InChI is InChI=1S/C25H17F2NO5/c1-13-3-4-14(2)21(9-13)28-23(30)17-7-5-16(10-18(17)24(28)31)25(32)33-12-22(29)15-6-8-19(26)20(27)11-15/h3-11H,12H2,1-2H3. The molecule has 0 unspecified atom stereocenters. The number of ketones is 1. The number of benzene rings is 3. The fraction of sp³-hybridized carbons (Fsp3) is 0.120. The smallest absolute Gasteiger partial charge is 0.338 e. The number of esters is 1. The summed E-state index contributed by atoms with van der Waals surface area (Å²) in [6, 6.07) is 11.9. The van der Waals surface area contributed by atoms with Crippen molar-refractivity contribution in [2.24, 2.45) is 0 Å². The number of hydrogen-bond acceptors (Lipinski definition) is 5. The number of hydrogen-bond donors (Lipinski definition) is 0. The third-order valence-electron chi connectivity index (χ3n) is 5.30. The first-order chi connectivity index (χ1) is 15.7. The molecule has 0 saturated carbocycles. The molecule has 4 rings (SSSR count). The minimum atomic E-state index is -1.19. The topological polar surface area (TPSA) is 80.8 Å². The highest BCUT2D eigenvalue weighted by Gasteiger charge is 2.38. The zero-order chi connectivity index (χ0) is 23.9. The number of Topliss-reactive ketones (excluding diaryl/α,β-unsaturated/α-hetero) is 1. The van der Waals surface area contributed by atoms with E-state index in [9.17, 15) is 28.0 Å². The average molecular weight is 449 g/mol. The molecule has 6 nitrogen and oxygen atoms in total. The number of aryl methyl sites for hydroxylation is 2. The van der Waals surface area contributed by atoms with E-state index in [2.05, 4.69) is 0 Å². The Kier molecular flexibility index (Phi) is 5.59. The van der Waals surface area contributed by atoms with Gasteiger partial charge in [0.1, 0.15) is 0 Å². The van der Waals surface area contributed by atoms with Gasteiger partial charge in [-0.3, -0.25) is 14.4 Å². The van der Waals surface area contributed by atoms with E-state index in [1.807, 2.05) is 13.0 Å². The van der Waals surface area contributed by atoms with E-state index in [0.29, 0.717) is 11.8 Å². The second kappa shape index (κ2) is 8.38. The van der Waals surface area contributed by atoms with Crippen molar-refractivity contribution < 1.29 is 32.7 Å². The van der Waals surface area contributed by atoms with E-state index in [4.69, 9.17) is 4.74 Å². The second-order valence-corrected chi connectivity index (χ2v) is 7.62. The van der Waals surface area contributed by atoms with Gasteiger partial charge in [0.15, 0.2) is 24.0 Å². The van der Waals surface area contributed by atoms with Crippen molar-refractivity contribution in [2.45, 2.75) is 13.8 Å². The van der Waals surface area contributed by atoms with Gasteiger partial charge in [-0.2, -0.15) is 0 Å². The van der Waals surface area contributed by atoms with E-state index in [-0.39, 0.29) is 22.3 Å². The molecule has 0 atom stereocenters. The van der Waals surface area contributed by atoms with E-state index in [1.165, 1.54) is 18.2 Å². The normalized spacial score (nSPS) is 12.7. The number of anilines is 1. The molecule has 0 aromatic heterocycles. The predicted octanol–water partition coefficient (Wildman–Crippen LogP) is 4.42. The Hall–Kier alpha value is -4.20. The first-order valence-electron chi connectivity index (χ1n) is 9.93. The van der Waals surface area contributed by atoms with Crippen molar-refractivity contribution >= 4 is 29.3 Å². The maximum Gasteiger partial charge on any atom is 0.338 e. The predicted molar refractivity (Wildman–Crippen MR) is 114 cm³/mol. The van der Waals surface area contributed by atoms with Crippen LogP contribution in [-0.2, 0) is 4.74 Å². The monoisotopic (exact) mass is 449 g/mol. The Morgan fingerprint density at radius 1 is 0.818 bits per heavy atom. The van der Waals surface area contributed by atoms with Gasteiger partial charge in [0.05, 0.1) is 22.4 Å². The number of carbonyl (C=O) groups is 4. The first kappa shape index (κ1) is 22.0. The van der Waals surface area contributed by atoms with Crippen molar-refractivity contribution in [3.05, 3.63) is 99.6 Å². The van der Waals surface area contributed by atoms with Gasteiger partial charge in [0, 0.05) is 5.56 Å². The summed E-state index contributed by atoms with van der Waals surface area (Å²) in [5, 5.41) is 0. The molecule has 3 aromatic rings. The van der Waals surface area contributed by atoms with Crippen LogP contribution in [0.2, 0.25) is 0 Å². The molecule has 0 saturated heterocycles. The summed E-state index contributed by atoms with van der Waals surface area (Å²) in [6.45, 7) is 2.92. The first-order valence-corrected chi connectivity index (χ1v) is 9.93. The molecule has 0 spiro atoms. The van der Waals surface area contributed by atoms with Crippen LogP contribution in [-0.4, -0.2) is 30.2 Å². The van der Waals surface area contributed by atoms with Crippen LogP contribution < -0.4 is 4.90 Å². The lowest BCUT2D eigenvalue weighted by molar-refractivity contribution is 0.0474. The zero-order valence-electron chi connectivity index (χ0n) is 17.6. The third-order valence-corrected chi connectivity index (χ3v) is 5.30. The molecule has 8 heteroatoms. The van der Waals surface area contributed by atoms with E-state index < -0.39 is 41.8 Å². The van der Waals surface area contributed by atoms with Crippen LogP contribution in [0.4, 0.5) is 14.5 Å². The molecule has 2 amide bonds. The second-order valence-electron chi connectivity index (χ2n) is 7.62. The number of nitrogens with zero attached hydrogens (tertiary/aromatic N) is 1. The van der Waals surface area contributed by atoms with E-state index in [1.54, 1.807) is 19.1 Å². The summed E-state index contributed by atoms with van der Waals surface area (Å²) in [4.78, 5) is 51.5. The maximum absolute atomic E-state index is 13.3. The van der Waals surface area contributed by atoms with Crippen LogP contribution in [0.5, 0.6) is 0 Å². The summed E-state index contributed by atoms with van der Waals surface area (Å²) in [7, 11) is 0. The van der Waals surface area contributed by atoms with Gasteiger partial charge in [-0.25, -0.2) is 18.5 Å². The van der Waals surface area contributed by atoms with Crippen molar-refractivity contribution in [2.75, 3.05) is 11.5 Å². The Labute approximate surface area is 187 Å². The summed E-state index contributed by atoms with van der Waals surface area (Å²) in [6.07, 6.45) is 0. The van der Waals surface area contributed by atoms with E-state index in [0.717, 1.165) is 28.2 Å². The molecule has 1 heterocycles. The molecule has 0 radical (unpaired) electrons. The molecule has 0 bridgehead atoms. The molecular formula is C25H17F2NO5. The van der Waals surface area contributed by atoms with Crippen LogP contribution in [0.1, 0.15) is 52.6 Å². The van der Waals surface area contributed by atoms with Gasteiger partial charge in [-0.05, 0) is 67.4 Å². The van der Waals surface area contributed by atoms with Crippen LogP contribution in [0.15, 0.2) is 54.6 Å². The van der Waals surface area contributed by atoms with Crippen LogP contribution in [0, 0.1) is 25.5 Å². The van der Waals surface area contributed by atoms with E-state index >= 15 is 0 Å². The lowest BCUT2D eigenvalue weighted by Crippen LogP contribution is -2.30. The minimum Gasteiger partial charge on any atom is -0.454 e. The van der Waals surface area contributed by atoms with Gasteiger partial charge in [0.25, 0.3) is 11.8 Å². The largest absolute Gasteiger partial charge is 0.454 e. The average Bonchev–Trinajstić information content (AvgIpc) is 3.04. The third kappa shape index (κ3) is 4.03. The molecule has 1 aliphatic rings. The molecule has 1 aliphatic heterocycles. The molecule has 33 heavy (non-hydrogen) atoms. The molecule has 0 N–H and O–H groups in total. The number of halogens is 2. The number of imide groups is 1. The van der Waals surface area contributed by atoms with Crippen molar-refractivity contribution in [1.82, 2.24) is 0 Å². The van der Waals surface area contributed by atoms with Crippen LogP contribution in [0.3, 0.4) is 0 Å². The number of amides is 2. The molecular weight excluding hydrogens is 432 g/mol. The van der Waals surface area contributed by atoms with Gasteiger partial charge < -0.3 is 4.74 Å². The summed E-state index contributed by atoms with van der Waals surface area (Å²) in [5.74, 6) is -5.00.